The van der Waals surface area contributed by atoms with E-state index in [-0.39, 0.29) is 17.3 Å². The molecule has 5 nitrogen and oxygen atoms in total. The third kappa shape index (κ3) is 7.54. The normalized spacial score (nSPS) is 11.0. The molecule has 9 heteroatoms. The zero-order chi connectivity index (χ0) is 23.6. The Morgan fingerprint density at radius 3 is 2.45 bits per heavy atom. The summed E-state index contributed by atoms with van der Waals surface area (Å²) in [4.78, 5) is 12.3. The van der Waals surface area contributed by atoms with Gasteiger partial charge in [0.05, 0.1) is 5.75 Å². The second-order valence-corrected chi connectivity index (χ2v) is 9.08. The van der Waals surface area contributed by atoms with Crippen molar-refractivity contribution in [2.75, 3.05) is 11.1 Å². The lowest BCUT2D eigenvalue weighted by molar-refractivity contribution is -0.113. The van der Waals surface area contributed by atoms with Gasteiger partial charge >= 0.3 is 0 Å². The summed E-state index contributed by atoms with van der Waals surface area (Å²) in [5.41, 5.74) is 1.10. The maximum atomic E-state index is 13.4. The van der Waals surface area contributed by atoms with Crippen molar-refractivity contribution in [1.29, 1.82) is 0 Å². The predicted molar refractivity (Wildman–Crippen MR) is 130 cm³/mol. The van der Waals surface area contributed by atoms with Crippen LogP contribution in [0.2, 0.25) is 5.02 Å². The van der Waals surface area contributed by atoms with Gasteiger partial charge in [0.15, 0.2) is 22.6 Å². The Hall–Kier alpha value is -2.45. The van der Waals surface area contributed by atoms with Crippen molar-refractivity contribution in [3.8, 4) is 11.4 Å². The van der Waals surface area contributed by atoms with Crippen LogP contribution in [-0.2, 0) is 11.3 Å². The fourth-order valence-electron chi connectivity index (χ4n) is 3.36. The van der Waals surface area contributed by atoms with Gasteiger partial charge in [0, 0.05) is 28.9 Å². The molecule has 1 N–H and O–H groups in total. The highest BCUT2D eigenvalue weighted by molar-refractivity contribution is 7.99. The number of amides is 1. The van der Waals surface area contributed by atoms with E-state index in [0.29, 0.717) is 10.2 Å². The number of hydrogen-bond donors (Lipinski definition) is 1. The number of halogens is 3. The highest BCUT2D eigenvalue weighted by atomic mass is 35.5. The smallest absolute Gasteiger partial charge is 0.234 e. The van der Waals surface area contributed by atoms with Gasteiger partial charge in [-0.15, -0.1) is 10.2 Å². The van der Waals surface area contributed by atoms with Crippen molar-refractivity contribution in [2.45, 2.75) is 57.1 Å². The molecule has 0 radical (unpaired) electrons. The molecule has 1 amide bonds. The number of rotatable bonds is 12. The van der Waals surface area contributed by atoms with E-state index < -0.39 is 11.6 Å². The minimum absolute atomic E-state index is 0.0637. The van der Waals surface area contributed by atoms with Gasteiger partial charge < -0.3 is 9.88 Å². The summed E-state index contributed by atoms with van der Waals surface area (Å²) in [5.74, 6) is -1.52. The van der Waals surface area contributed by atoms with Crippen molar-refractivity contribution in [3.63, 3.8) is 0 Å². The molecule has 33 heavy (non-hydrogen) atoms. The molecule has 0 aliphatic heterocycles. The first-order valence-corrected chi connectivity index (χ1v) is 12.4. The van der Waals surface area contributed by atoms with E-state index in [1.165, 1.54) is 43.5 Å². The average Bonchev–Trinajstić information content (AvgIpc) is 3.20. The van der Waals surface area contributed by atoms with Crippen LogP contribution in [0.1, 0.15) is 45.4 Å². The number of nitrogens with one attached hydrogen (secondary N) is 1. The molecule has 0 aliphatic carbocycles. The molecule has 0 atom stereocenters. The molecule has 2 aromatic carbocycles. The first-order chi connectivity index (χ1) is 16.0. The van der Waals surface area contributed by atoms with Crippen molar-refractivity contribution < 1.29 is 13.6 Å². The molecule has 176 valence electrons. The van der Waals surface area contributed by atoms with Crippen molar-refractivity contribution >= 4 is 35.0 Å². The Kier molecular flexibility index (Phi) is 9.69. The molecule has 0 unspecified atom stereocenters. The third-order valence-electron chi connectivity index (χ3n) is 5.09. The van der Waals surface area contributed by atoms with Gasteiger partial charge in [0.1, 0.15) is 0 Å². The SMILES string of the molecule is CCCCCCCCn1c(SCC(=O)Nc2ccc(F)c(F)c2)nnc1-c1ccc(Cl)cc1. The summed E-state index contributed by atoms with van der Waals surface area (Å²) in [6.45, 7) is 2.94. The molecule has 0 fully saturated rings. The van der Waals surface area contributed by atoms with E-state index in [0.717, 1.165) is 42.9 Å². The molecular formula is C24H27ClF2N4OS. The lowest BCUT2D eigenvalue weighted by Gasteiger charge is -2.11. The monoisotopic (exact) mass is 492 g/mol. The van der Waals surface area contributed by atoms with Crippen LogP contribution in [0.3, 0.4) is 0 Å². The molecule has 1 heterocycles. The Balaban J connectivity index is 1.66. The average molecular weight is 493 g/mol. The topological polar surface area (TPSA) is 59.8 Å². The highest BCUT2D eigenvalue weighted by Crippen LogP contribution is 2.26. The standard InChI is InChI=1S/C24H27ClF2N4OS/c1-2-3-4-5-6-7-14-31-23(17-8-10-18(25)11-9-17)29-30-24(31)33-16-22(32)28-19-12-13-20(26)21(27)15-19/h8-13,15H,2-7,14,16H2,1H3,(H,28,32). The van der Waals surface area contributed by atoms with Crippen LogP contribution in [0.15, 0.2) is 47.6 Å². The lowest BCUT2D eigenvalue weighted by atomic mass is 10.1. The van der Waals surface area contributed by atoms with Crippen LogP contribution in [0, 0.1) is 11.6 Å². The molecule has 3 rings (SSSR count). The van der Waals surface area contributed by atoms with Gasteiger partial charge in [-0.2, -0.15) is 0 Å². The van der Waals surface area contributed by atoms with Crippen molar-refractivity contribution in [3.05, 3.63) is 59.1 Å². The summed E-state index contributed by atoms with van der Waals surface area (Å²) in [7, 11) is 0. The Morgan fingerprint density at radius 2 is 1.73 bits per heavy atom. The van der Waals surface area contributed by atoms with Gasteiger partial charge in [0.25, 0.3) is 0 Å². The van der Waals surface area contributed by atoms with E-state index in [1.807, 2.05) is 28.8 Å². The second-order valence-electron chi connectivity index (χ2n) is 7.70. The largest absolute Gasteiger partial charge is 0.325 e. The first-order valence-electron chi connectivity index (χ1n) is 11.0. The quantitative estimate of drug-likeness (QED) is 0.219. The predicted octanol–water partition coefficient (Wildman–Crippen LogP) is 6.97. The summed E-state index contributed by atoms with van der Waals surface area (Å²) in [6.07, 6.45) is 6.96. The number of carbonyl (C=O) groups excluding carboxylic acids is 1. The maximum Gasteiger partial charge on any atom is 0.234 e. The first kappa shape index (κ1) is 25.2. The number of nitrogens with zero attached hydrogens (tertiary/aromatic N) is 3. The van der Waals surface area contributed by atoms with Crippen LogP contribution < -0.4 is 5.32 Å². The molecule has 3 aromatic rings. The van der Waals surface area contributed by atoms with E-state index in [9.17, 15) is 13.6 Å². The molecule has 0 spiro atoms. The summed E-state index contributed by atoms with van der Waals surface area (Å²) in [5, 5.41) is 12.5. The number of anilines is 1. The fourth-order valence-corrected chi connectivity index (χ4v) is 4.25. The van der Waals surface area contributed by atoms with Crippen LogP contribution in [0.25, 0.3) is 11.4 Å². The van der Waals surface area contributed by atoms with Gasteiger partial charge in [-0.25, -0.2) is 8.78 Å². The molecule has 0 aliphatic rings. The molecular weight excluding hydrogens is 466 g/mol. The Labute approximate surface area is 201 Å². The molecule has 0 bridgehead atoms. The van der Waals surface area contributed by atoms with Crippen LogP contribution >= 0.6 is 23.4 Å². The van der Waals surface area contributed by atoms with Crippen molar-refractivity contribution in [1.82, 2.24) is 14.8 Å². The van der Waals surface area contributed by atoms with Gasteiger partial charge in [-0.05, 0) is 42.8 Å². The number of carbonyl (C=O) groups is 1. The van der Waals surface area contributed by atoms with E-state index in [1.54, 1.807) is 0 Å². The number of unbranched alkanes of at least 4 members (excludes halogenated alkanes) is 5. The van der Waals surface area contributed by atoms with Crippen molar-refractivity contribution in [2.24, 2.45) is 0 Å². The van der Waals surface area contributed by atoms with Crippen LogP contribution in [-0.4, -0.2) is 26.4 Å². The van der Waals surface area contributed by atoms with E-state index >= 15 is 0 Å². The van der Waals surface area contributed by atoms with Crippen LogP contribution in [0.5, 0.6) is 0 Å². The van der Waals surface area contributed by atoms with E-state index in [2.05, 4.69) is 22.4 Å². The molecule has 0 saturated carbocycles. The van der Waals surface area contributed by atoms with Gasteiger partial charge in [0.2, 0.25) is 5.91 Å². The summed E-state index contributed by atoms with van der Waals surface area (Å²) < 4.78 is 28.5. The lowest BCUT2D eigenvalue weighted by Crippen LogP contribution is -2.15. The van der Waals surface area contributed by atoms with Gasteiger partial charge in [-0.3, -0.25) is 4.79 Å². The van der Waals surface area contributed by atoms with Gasteiger partial charge in [-0.1, -0.05) is 62.4 Å². The number of aromatic nitrogens is 3. The summed E-state index contributed by atoms with van der Waals surface area (Å²) >= 11 is 7.28. The number of benzene rings is 2. The zero-order valence-corrected chi connectivity index (χ0v) is 20.1. The second kappa shape index (κ2) is 12.7. The summed E-state index contributed by atoms with van der Waals surface area (Å²) in [6, 6.07) is 10.7. The minimum Gasteiger partial charge on any atom is -0.325 e. The zero-order valence-electron chi connectivity index (χ0n) is 18.5. The van der Waals surface area contributed by atoms with Crippen LogP contribution in [0.4, 0.5) is 14.5 Å². The number of thioether (sulfide) groups is 1. The third-order valence-corrected chi connectivity index (χ3v) is 6.31. The van der Waals surface area contributed by atoms with E-state index in [4.69, 9.17) is 11.6 Å². The fraction of sp³-hybridized carbons (Fsp3) is 0.375. The molecule has 1 aromatic heterocycles. The minimum atomic E-state index is -1.01. The Morgan fingerprint density at radius 1 is 1.00 bits per heavy atom. The molecule has 0 saturated heterocycles. The maximum absolute atomic E-state index is 13.4. The Bertz CT molecular complexity index is 1060. The number of hydrogen-bond acceptors (Lipinski definition) is 4. The highest BCUT2D eigenvalue weighted by Gasteiger charge is 2.16.